The molecule has 0 radical (unpaired) electrons. The minimum absolute atomic E-state index is 0.115. The van der Waals surface area contributed by atoms with Crippen LogP contribution in [-0.4, -0.2) is 40.2 Å². The van der Waals surface area contributed by atoms with Gasteiger partial charge >= 0.3 is 0 Å². The van der Waals surface area contributed by atoms with Gasteiger partial charge < -0.3 is 9.64 Å². The van der Waals surface area contributed by atoms with Crippen molar-refractivity contribution in [2.45, 2.75) is 58.3 Å². The molecule has 1 aromatic rings. The monoisotopic (exact) mass is 332 g/mol. The molecule has 1 aliphatic heterocycles. The van der Waals surface area contributed by atoms with Crippen molar-refractivity contribution in [3.05, 3.63) is 23.8 Å². The van der Waals surface area contributed by atoms with Crippen LogP contribution in [-0.2, 0) is 4.74 Å². The molecule has 0 aliphatic carbocycles. The van der Waals surface area contributed by atoms with Gasteiger partial charge in [0.15, 0.2) is 0 Å². The first-order valence-corrected chi connectivity index (χ1v) is 11.5. The topological polar surface area (TPSA) is 24.8 Å². The SMILES string of the molecule is CC[Si](CC)(CC)c1ccc(N(C)C)cc1C1=NC(C)(C)CO1. The quantitative estimate of drug-likeness (QED) is 0.735. The highest BCUT2D eigenvalue weighted by Gasteiger charge is 2.35. The van der Waals surface area contributed by atoms with Gasteiger partial charge in [-0.1, -0.05) is 45.0 Å². The molecule has 23 heavy (non-hydrogen) atoms. The second-order valence-corrected chi connectivity index (χ2v) is 12.7. The lowest BCUT2D eigenvalue weighted by atomic mass is 10.1. The normalized spacial score (nSPS) is 16.9. The van der Waals surface area contributed by atoms with Gasteiger partial charge in [-0.15, -0.1) is 0 Å². The Kier molecular flexibility index (Phi) is 5.24. The fourth-order valence-electron chi connectivity index (χ4n) is 3.49. The van der Waals surface area contributed by atoms with Crippen LogP contribution in [0, 0.1) is 0 Å². The summed E-state index contributed by atoms with van der Waals surface area (Å²) in [4.78, 5) is 7.02. The predicted molar refractivity (Wildman–Crippen MR) is 104 cm³/mol. The van der Waals surface area contributed by atoms with Crippen LogP contribution in [0.1, 0.15) is 40.2 Å². The van der Waals surface area contributed by atoms with Crippen molar-refractivity contribution in [3.63, 3.8) is 0 Å². The minimum atomic E-state index is -1.49. The number of anilines is 1. The second-order valence-electron chi connectivity index (χ2n) is 7.48. The number of nitrogens with zero attached hydrogens (tertiary/aromatic N) is 2. The predicted octanol–water partition coefficient (Wildman–Crippen LogP) is 4.02. The van der Waals surface area contributed by atoms with Crippen LogP contribution in [0.25, 0.3) is 0 Å². The summed E-state index contributed by atoms with van der Waals surface area (Å²) in [6.07, 6.45) is 0. The Morgan fingerprint density at radius 1 is 1.13 bits per heavy atom. The van der Waals surface area contributed by atoms with Crippen molar-refractivity contribution >= 4 is 24.8 Å². The Morgan fingerprint density at radius 3 is 2.17 bits per heavy atom. The molecule has 4 heteroatoms. The van der Waals surface area contributed by atoms with Crippen molar-refractivity contribution in [2.75, 3.05) is 25.6 Å². The number of hydrogen-bond donors (Lipinski definition) is 0. The van der Waals surface area contributed by atoms with Crippen molar-refractivity contribution < 1.29 is 4.74 Å². The van der Waals surface area contributed by atoms with Gasteiger partial charge in [0, 0.05) is 25.3 Å². The van der Waals surface area contributed by atoms with Crippen LogP contribution in [0.5, 0.6) is 0 Å². The molecule has 0 unspecified atom stereocenters. The average molecular weight is 333 g/mol. The summed E-state index contributed by atoms with van der Waals surface area (Å²) in [6, 6.07) is 10.7. The van der Waals surface area contributed by atoms with E-state index in [4.69, 9.17) is 9.73 Å². The zero-order chi connectivity index (χ0) is 17.3. The maximum Gasteiger partial charge on any atom is 0.216 e. The number of aliphatic imine (C=N–C) groups is 1. The van der Waals surface area contributed by atoms with E-state index in [2.05, 4.69) is 71.8 Å². The number of rotatable bonds is 6. The maximum absolute atomic E-state index is 6.01. The largest absolute Gasteiger partial charge is 0.475 e. The van der Waals surface area contributed by atoms with Gasteiger partial charge in [0.2, 0.25) is 5.90 Å². The Bertz CT molecular complexity index is 581. The van der Waals surface area contributed by atoms with E-state index in [0.29, 0.717) is 6.61 Å². The van der Waals surface area contributed by atoms with Crippen LogP contribution in [0.3, 0.4) is 0 Å². The Balaban J connectivity index is 2.63. The lowest BCUT2D eigenvalue weighted by Gasteiger charge is -2.31. The third kappa shape index (κ3) is 3.47. The van der Waals surface area contributed by atoms with Gasteiger partial charge in [-0.3, -0.25) is 0 Å². The summed E-state index contributed by atoms with van der Waals surface area (Å²) in [5, 5.41) is 1.52. The third-order valence-electron chi connectivity index (χ3n) is 5.32. The van der Waals surface area contributed by atoms with E-state index in [1.165, 1.54) is 34.6 Å². The molecule has 0 amide bonds. The lowest BCUT2D eigenvalue weighted by molar-refractivity contribution is 0.279. The van der Waals surface area contributed by atoms with E-state index in [1.807, 2.05) is 0 Å². The first-order chi connectivity index (χ1) is 10.8. The minimum Gasteiger partial charge on any atom is -0.475 e. The molecular weight excluding hydrogens is 300 g/mol. The first kappa shape index (κ1) is 18.1. The van der Waals surface area contributed by atoms with Crippen molar-refractivity contribution in [2.24, 2.45) is 4.99 Å². The molecule has 0 spiro atoms. The van der Waals surface area contributed by atoms with Gasteiger partial charge in [-0.05, 0) is 31.2 Å². The molecule has 3 nitrogen and oxygen atoms in total. The molecule has 2 rings (SSSR count). The summed E-state index contributed by atoms with van der Waals surface area (Å²) in [7, 11) is 2.69. The van der Waals surface area contributed by atoms with Crippen LogP contribution in [0.15, 0.2) is 23.2 Å². The summed E-state index contributed by atoms with van der Waals surface area (Å²) in [6.45, 7) is 12.0. The van der Waals surface area contributed by atoms with Crippen molar-refractivity contribution in [1.29, 1.82) is 0 Å². The zero-order valence-electron chi connectivity index (χ0n) is 15.9. The van der Waals surface area contributed by atoms with E-state index in [0.717, 1.165) is 5.90 Å². The van der Waals surface area contributed by atoms with Crippen LogP contribution < -0.4 is 10.1 Å². The smallest absolute Gasteiger partial charge is 0.216 e. The molecule has 1 aromatic carbocycles. The molecular formula is C19H32N2OSi. The molecule has 0 fully saturated rings. The lowest BCUT2D eigenvalue weighted by Crippen LogP contribution is -2.48. The summed E-state index contributed by atoms with van der Waals surface area (Å²) in [5.41, 5.74) is 2.33. The Morgan fingerprint density at radius 2 is 1.74 bits per heavy atom. The average Bonchev–Trinajstić information content (AvgIpc) is 2.89. The molecule has 1 heterocycles. The van der Waals surface area contributed by atoms with E-state index < -0.39 is 8.07 Å². The Hall–Kier alpha value is -1.29. The van der Waals surface area contributed by atoms with E-state index in [-0.39, 0.29) is 5.54 Å². The van der Waals surface area contributed by atoms with Gasteiger partial charge in [0.05, 0.1) is 13.6 Å². The zero-order valence-corrected chi connectivity index (χ0v) is 16.9. The van der Waals surface area contributed by atoms with Crippen molar-refractivity contribution in [1.82, 2.24) is 0 Å². The molecule has 0 bridgehead atoms. The molecule has 0 aromatic heterocycles. The fourth-order valence-corrected chi connectivity index (χ4v) is 7.32. The van der Waals surface area contributed by atoms with Crippen LogP contribution >= 0.6 is 0 Å². The van der Waals surface area contributed by atoms with Gasteiger partial charge in [0.1, 0.15) is 6.61 Å². The molecule has 1 aliphatic rings. The van der Waals surface area contributed by atoms with E-state index >= 15 is 0 Å². The molecule has 0 saturated heterocycles. The summed E-state index contributed by atoms with van der Waals surface area (Å²) < 4.78 is 6.01. The van der Waals surface area contributed by atoms with Crippen LogP contribution in [0.4, 0.5) is 5.69 Å². The fraction of sp³-hybridized carbons (Fsp3) is 0.632. The highest BCUT2D eigenvalue weighted by Crippen LogP contribution is 2.27. The number of ether oxygens (including phenoxy) is 1. The maximum atomic E-state index is 6.01. The second kappa shape index (κ2) is 6.68. The highest BCUT2D eigenvalue weighted by atomic mass is 28.3. The van der Waals surface area contributed by atoms with Crippen LogP contribution in [0.2, 0.25) is 18.1 Å². The molecule has 0 atom stereocenters. The molecule has 0 N–H and O–H groups in total. The van der Waals surface area contributed by atoms with E-state index in [9.17, 15) is 0 Å². The molecule has 0 saturated carbocycles. The number of benzene rings is 1. The third-order valence-corrected chi connectivity index (χ3v) is 11.0. The number of hydrogen-bond acceptors (Lipinski definition) is 3. The Labute approximate surface area is 142 Å². The highest BCUT2D eigenvalue weighted by molar-refractivity contribution is 6.92. The summed E-state index contributed by atoms with van der Waals surface area (Å²) >= 11 is 0. The van der Waals surface area contributed by atoms with E-state index in [1.54, 1.807) is 0 Å². The molecule has 128 valence electrons. The van der Waals surface area contributed by atoms with Gasteiger partial charge in [-0.25, -0.2) is 4.99 Å². The summed E-state index contributed by atoms with van der Waals surface area (Å²) in [5.74, 6) is 0.848. The van der Waals surface area contributed by atoms with Gasteiger partial charge in [0.25, 0.3) is 0 Å². The van der Waals surface area contributed by atoms with Crippen molar-refractivity contribution in [3.8, 4) is 0 Å². The van der Waals surface area contributed by atoms with Gasteiger partial charge in [-0.2, -0.15) is 0 Å². The first-order valence-electron chi connectivity index (χ1n) is 8.83. The standard InChI is InChI=1S/C19H32N2OSi/c1-8-23(9-2,10-3)17-12-11-15(21(6)7)13-16(17)18-20-19(4,5)14-22-18/h11-13H,8-10,14H2,1-7H3.